The molecule has 0 aliphatic rings. The SMILES string of the molecule is NCC(=O)Nc1cccc(-c2n[nH]c(=O)c3ccccc23)c1.O=C(O)C(F)(F)F. The van der Waals surface area contributed by atoms with E-state index in [1.807, 2.05) is 24.3 Å². The first-order valence-corrected chi connectivity index (χ1v) is 8.01. The summed E-state index contributed by atoms with van der Waals surface area (Å²) in [6.45, 7) is -0.0793. The number of aromatic amines is 1. The van der Waals surface area contributed by atoms with Gasteiger partial charge >= 0.3 is 12.1 Å². The van der Waals surface area contributed by atoms with Crippen LogP contribution in [0.2, 0.25) is 0 Å². The number of aliphatic carboxylic acids is 1. The van der Waals surface area contributed by atoms with Gasteiger partial charge in [0.1, 0.15) is 0 Å². The number of nitrogens with one attached hydrogen (secondary N) is 2. The molecule has 1 amide bonds. The maximum absolute atomic E-state index is 11.8. The normalized spacial score (nSPS) is 10.8. The summed E-state index contributed by atoms with van der Waals surface area (Å²) in [7, 11) is 0. The summed E-state index contributed by atoms with van der Waals surface area (Å²) in [5, 5.41) is 17.8. The fourth-order valence-electron chi connectivity index (χ4n) is 2.29. The van der Waals surface area contributed by atoms with Crippen molar-refractivity contribution in [2.75, 3.05) is 11.9 Å². The van der Waals surface area contributed by atoms with Crippen molar-refractivity contribution in [1.29, 1.82) is 0 Å². The van der Waals surface area contributed by atoms with E-state index in [9.17, 15) is 22.8 Å². The number of anilines is 1. The Morgan fingerprint density at radius 2 is 1.72 bits per heavy atom. The molecule has 8 nitrogen and oxygen atoms in total. The van der Waals surface area contributed by atoms with Gasteiger partial charge in [0.05, 0.1) is 17.6 Å². The maximum Gasteiger partial charge on any atom is 0.490 e. The zero-order valence-electron chi connectivity index (χ0n) is 14.7. The molecule has 3 aromatic rings. The highest BCUT2D eigenvalue weighted by molar-refractivity contribution is 5.96. The molecule has 3 rings (SSSR count). The molecule has 152 valence electrons. The summed E-state index contributed by atoms with van der Waals surface area (Å²) in [6.07, 6.45) is -5.08. The number of amides is 1. The van der Waals surface area contributed by atoms with Gasteiger partial charge in [0.15, 0.2) is 0 Å². The average molecular weight is 408 g/mol. The van der Waals surface area contributed by atoms with Crippen LogP contribution in [0.3, 0.4) is 0 Å². The van der Waals surface area contributed by atoms with Crippen molar-refractivity contribution in [3.05, 3.63) is 58.9 Å². The molecule has 0 radical (unpaired) electrons. The molecule has 29 heavy (non-hydrogen) atoms. The highest BCUT2D eigenvalue weighted by atomic mass is 19.4. The number of alkyl halides is 3. The number of benzene rings is 2. The van der Waals surface area contributed by atoms with Crippen LogP contribution in [0, 0.1) is 0 Å². The van der Waals surface area contributed by atoms with Gasteiger partial charge in [-0.1, -0.05) is 30.3 Å². The van der Waals surface area contributed by atoms with Gasteiger partial charge in [-0.15, -0.1) is 0 Å². The first-order valence-electron chi connectivity index (χ1n) is 8.01. The molecule has 0 atom stereocenters. The van der Waals surface area contributed by atoms with E-state index >= 15 is 0 Å². The number of fused-ring (bicyclic) bond motifs is 1. The van der Waals surface area contributed by atoms with Crippen molar-refractivity contribution in [2.45, 2.75) is 6.18 Å². The van der Waals surface area contributed by atoms with Crippen molar-refractivity contribution in [2.24, 2.45) is 5.73 Å². The highest BCUT2D eigenvalue weighted by Gasteiger charge is 2.38. The number of hydrogen-bond donors (Lipinski definition) is 4. The quantitative estimate of drug-likeness (QED) is 0.524. The van der Waals surface area contributed by atoms with Crippen LogP contribution in [-0.2, 0) is 9.59 Å². The Labute approximate surface area is 161 Å². The van der Waals surface area contributed by atoms with Gasteiger partial charge in [-0.2, -0.15) is 18.3 Å². The standard InChI is InChI=1S/C16H14N4O2.C2HF3O2/c17-9-14(21)18-11-5-3-4-10(8-11)15-12-6-1-2-7-13(12)16(22)20-19-15;3-2(4,5)1(6)7/h1-8H,9,17H2,(H,18,21)(H,20,22);(H,6,7). The molecule has 5 N–H and O–H groups in total. The number of H-pyrrole nitrogens is 1. The van der Waals surface area contributed by atoms with Crippen LogP contribution in [0.15, 0.2) is 53.3 Å². The third-order valence-corrected chi connectivity index (χ3v) is 3.54. The van der Waals surface area contributed by atoms with Crippen molar-refractivity contribution in [1.82, 2.24) is 10.2 Å². The van der Waals surface area contributed by atoms with Gasteiger partial charge in [-0.05, 0) is 18.2 Å². The topological polar surface area (TPSA) is 138 Å². The number of halogens is 3. The van der Waals surface area contributed by atoms with Gasteiger partial charge in [0.2, 0.25) is 5.91 Å². The molecule has 0 saturated heterocycles. The second kappa shape index (κ2) is 8.97. The third kappa shape index (κ3) is 5.62. The van der Waals surface area contributed by atoms with Crippen LogP contribution in [0.4, 0.5) is 18.9 Å². The highest BCUT2D eigenvalue weighted by Crippen LogP contribution is 2.26. The Bertz CT molecular complexity index is 1100. The second-order valence-electron chi connectivity index (χ2n) is 5.58. The number of hydrogen-bond acceptors (Lipinski definition) is 5. The predicted molar refractivity (Wildman–Crippen MR) is 99.2 cm³/mol. The van der Waals surface area contributed by atoms with E-state index in [4.69, 9.17) is 15.6 Å². The number of nitrogens with two attached hydrogens (primary N) is 1. The number of carboxylic acids is 1. The Balaban J connectivity index is 0.000000370. The summed E-state index contributed by atoms with van der Waals surface area (Å²) in [5.74, 6) is -3.02. The molecule has 1 aromatic heterocycles. The van der Waals surface area contributed by atoms with Crippen LogP contribution in [-0.4, -0.2) is 39.9 Å². The fourth-order valence-corrected chi connectivity index (χ4v) is 2.29. The number of carbonyl (C=O) groups excluding carboxylic acids is 1. The lowest BCUT2D eigenvalue weighted by atomic mass is 10.0. The van der Waals surface area contributed by atoms with E-state index < -0.39 is 12.1 Å². The lowest BCUT2D eigenvalue weighted by molar-refractivity contribution is -0.192. The minimum absolute atomic E-state index is 0.0793. The first kappa shape index (κ1) is 21.6. The van der Waals surface area contributed by atoms with Crippen LogP contribution >= 0.6 is 0 Å². The van der Waals surface area contributed by atoms with E-state index in [2.05, 4.69) is 15.5 Å². The Morgan fingerprint density at radius 3 is 2.31 bits per heavy atom. The van der Waals surface area contributed by atoms with Gasteiger partial charge in [0.25, 0.3) is 5.56 Å². The molecule has 0 aliphatic carbocycles. The fraction of sp³-hybridized carbons (Fsp3) is 0.111. The van der Waals surface area contributed by atoms with Crippen LogP contribution in [0.5, 0.6) is 0 Å². The van der Waals surface area contributed by atoms with Crippen molar-refractivity contribution in [3.8, 4) is 11.3 Å². The van der Waals surface area contributed by atoms with Crippen molar-refractivity contribution in [3.63, 3.8) is 0 Å². The lowest BCUT2D eigenvalue weighted by Crippen LogP contribution is -2.21. The molecule has 0 fully saturated rings. The maximum atomic E-state index is 11.8. The summed E-state index contributed by atoms with van der Waals surface area (Å²) in [5.41, 5.74) is 7.14. The minimum Gasteiger partial charge on any atom is -0.475 e. The van der Waals surface area contributed by atoms with Crippen LogP contribution in [0.25, 0.3) is 22.0 Å². The largest absolute Gasteiger partial charge is 0.490 e. The predicted octanol–water partition coefficient (Wildman–Crippen LogP) is 2.12. The molecule has 1 heterocycles. The van der Waals surface area contributed by atoms with Gasteiger partial charge in [-0.25, -0.2) is 9.89 Å². The molecular weight excluding hydrogens is 393 g/mol. The molecule has 0 spiro atoms. The smallest absolute Gasteiger partial charge is 0.475 e. The number of carbonyl (C=O) groups is 2. The number of nitrogens with zero attached hydrogens (tertiary/aromatic N) is 1. The monoisotopic (exact) mass is 408 g/mol. The van der Waals surface area contributed by atoms with Crippen molar-refractivity contribution < 1.29 is 27.9 Å². The molecule has 0 aliphatic heterocycles. The van der Waals surface area contributed by atoms with E-state index in [-0.39, 0.29) is 18.0 Å². The first-order chi connectivity index (χ1) is 13.6. The van der Waals surface area contributed by atoms with E-state index in [0.717, 1.165) is 10.9 Å². The Kier molecular flexibility index (Phi) is 6.67. The lowest BCUT2D eigenvalue weighted by Gasteiger charge is -2.08. The van der Waals surface area contributed by atoms with E-state index in [1.165, 1.54) is 0 Å². The zero-order valence-corrected chi connectivity index (χ0v) is 14.7. The van der Waals surface area contributed by atoms with E-state index in [0.29, 0.717) is 16.8 Å². The second-order valence-corrected chi connectivity index (χ2v) is 5.58. The summed E-state index contributed by atoms with van der Waals surface area (Å²) < 4.78 is 31.7. The van der Waals surface area contributed by atoms with Crippen molar-refractivity contribution >= 4 is 28.3 Å². The molecule has 11 heteroatoms. The summed E-state index contributed by atoms with van der Waals surface area (Å²) in [4.78, 5) is 32.1. The molecular formula is C18H15F3N4O4. The van der Waals surface area contributed by atoms with Gasteiger partial charge < -0.3 is 16.2 Å². The third-order valence-electron chi connectivity index (χ3n) is 3.54. The Hall–Kier alpha value is -3.73. The van der Waals surface area contributed by atoms with Gasteiger partial charge in [0, 0.05) is 16.6 Å². The molecule has 0 unspecified atom stereocenters. The molecule has 2 aromatic carbocycles. The summed E-state index contributed by atoms with van der Waals surface area (Å²) in [6, 6.07) is 14.5. The number of carboxylic acid groups (broad SMARTS) is 1. The zero-order chi connectivity index (χ0) is 21.6. The molecule has 0 bridgehead atoms. The average Bonchev–Trinajstić information content (AvgIpc) is 2.68. The van der Waals surface area contributed by atoms with E-state index in [1.54, 1.807) is 24.3 Å². The Morgan fingerprint density at radius 1 is 1.10 bits per heavy atom. The molecule has 0 saturated carbocycles. The van der Waals surface area contributed by atoms with Crippen LogP contribution < -0.4 is 16.6 Å². The minimum atomic E-state index is -5.08. The number of rotatable bonds is 3. The number of aromatic nitrogens is 2. The van der Waals surface area contributed by atoms with Gasteiger partial charge in [-0.3, -0.25) is 9.59 Å². The summed E-state index contributed by atoms with van der Waals surface area (Å²) >= 11 is 0. The van der Waals surface area contributed by atoms with Crippen LogP contribution in [0.1, 0.15) is 0 Å².